The smallest absolute Gasteiger partial charge is 0.227 e. The molecule has 7 heteroatoms. The van der Waals surface area contributed by atoms with E-state index in [1.807, 2.05) is 42.2 Å². The number of halogens is 2. The molecule has 2 saturated heterocycles. The van der Waals surface area contributed by atoms with E-state index in [9.17, 15) is 4.79 Å². The van der Waals surface area contributed by atoms with Crippen molar-refractivity contribution in [3.63, 3.8) is 0 Å². The van der Waals surface area contributed by atoms with Crippen molar-refractivity contribution >= 4 is 30.7 Å². The fourth-order valence-electron chi connectivity index (χ4n) is 4.00. The third-order valence-corrected chi connectivity index (χ3v) is 5.83. The van der Waals surface area contributed by atoms with Crippen LogP contribution in [0.25, 0.3) is 0 Å². The number of hydrogen-bond donors (Lipinski definition) is 1. The Bertz CT molecular complexity index is 562. The van der Waals surface area contributed by atoms with E-state index >= 15 is 0 Å². The number of amides is 1. The van der Waals surface area contributed by atoms with Crippen LogP contribution in [0.3, 0.4) is 0 Å². The molecule has 0 aliphatic carbocycles. The number of ether oxygens (including phenoxy) is 1. The van der Waals surface area contributed by atoms with Crippen LogP contribution in [0.4, 0.5) is 0 Å². The highest BCUT2D eigenvalue weighted by atomic mass is 35.5. The first-order chi connectivity index (χ1) is 12.6. The minimum Gasteiger partial charge on any atom is -0.377 e. The SMILES string of the molecule is CC(C(=O)N1CCC(OCCN2CCCC2)CC1)C(N)c1ccccc1.Cl.Cl. The summed E-state index contributed by atoms with van der Waals surface area (Å²) in [4.78, 5) is 17.2. The summed E-state index contributed by atoms with van der Waals surface area (Å²) in [6, 6.07) is 9.65. The van der Waals surface area contributed by atoms with Crippen molar-refractivity contribution < 1.29 is 9.53 Å². The van der Waals surface area contributed by atoms with Crippen molar-refractivity contribution in [2.45, 2.75) is 44.8 Å². The Morgan fingerprint density at radius 1 is 1.11 bits per heavy atom. The molecule has 0 saturated carbocycles. The number of likely N-dealkylation sites (tertiary alicyclic amines) is 2. The molecule has 5 nitrogen and oxygen atoms in total. The maximum Gasteiger partial charge on any atom is 0.227 e. The molecular weight excluding hydrogens is 397 g/mol. The third-order valence-electron chi connectivity index (χ3n) is 5.83. The molecular formula is C21H35Cl2N3O2. The van der Waals surface area contributed by atoms with Gasteiger partial charge in [-0.05, 0) is 44.3 Å². The predicted octanol–water partition coefficient (Wildman–Crippen LogP) is 3.27. The summed E-state index contributed by atoms with van der Waals surface area (Å²) in [5, 5.41) is 0. The van der Waals surface area contributed by atoms with Crippen molar-refractivity contribution in [1.29, 1.82) is 0 Å². The van der Waals surface area contributed by atoms with Crippen molar-refractivity contribution in [3.05, 3.63) is 35.9 Å². The lowest BCUT2D eigenvalue weighted by atomic mass is 9.93. The van der Waals surface area contributed by atoms with Crippen LogP contribution in [0.2, 0.25) is 0 Å². The van der Waals surface area contributed by atoms with Gasteiger partial charge in [-0.1, -0.05) is 37.3 Å². The molecule has 2 aliphatic heterocycles. The van der Waals surface area contributed by atoms with Crippen molar-refractivity contribution in [1.82, 2.24) is 9.80 Å². The Hall–Kier alpha value is -0.850. The molecule has 1 amide bonds. The van der Waals surface area contributed by atoms with E-state index in [1.54, 1.807) is 0 Å². The van der Waals surface area contributed by atoms with Crippen molar-refractivity contribution in [2.75, 3.05) is 39.3 Å². The highest BCUT2D eigenvalue weighted by molar-refractivity contribution is 5.85. The third kappa shape index (κ3) is 6.89. The lowest BCUT2D eigenvalue weighted by molar-refractivity contribution is -0.138. The van der Waals surface area contributed by atoms with Crippen LogP contribution in [0, 0.1) is 5.92 Å². The Morgan fingerprint density at radius 2 is 1.71 bits per heavy atom. The van der Waals surface area contributed by atoms with Crippen LogP contribution < -0.4 is 5.73 Å². The predicted molar refractivity (Wildman–Crippen MR) is 118 cm³/mol. The van der Waals surface area contributed by atoms with Crippen LogP contribution in [-0.2, 0) is 9.53 Å². The van der Waals surface area contributed by atoms with Crippen LogP contribution in [0.15, 0.2) is 30.3 Å². The molecule has 0 spiro atoms. The van der Waals surface area contributed by atoms with Gasteiger partial charge >= 0.3 is 0 Å². The summed E-state index contributed by atoms with van der Waals surface area (Å²) in [5.41, 5.74) is 7.34. The lowest BCUT2D eigenvalue weighted by Crippen LogP contribution is -2.45. The number of nitrogens with zero attached hydrogens (tertiary/aromatic N) is 2. The van der Waals surface area contributed by atoms with Gasteiger partial charge in [0.15, 0.2) is 0 Å². The summed E-state index contributed by atoms with van der Waals surface area (Å²) in [6.45, 7) is 7.79. The average Bonchev–Trinajstić information content (AvgIpc) is 3.21. The molecule has 2 aliphatic rings. The molecule has 0 bridgehead atoms. The zero-order valence-corrected chi connectivity index (χ0v) is 18.4. The second kappa shape index (κ2) is 12.7. The Morgan fingerprint density at radius 3 is 2.32 bits per heavy atom. The first-order valence-corrected chi connectivity index (χ1v) is 10.1. The highest BCUT2D eigenvalue weighted by Gasteiger charge is 2.30. The van der Waals surface area contributed by atoms with E-state index in [1.165, 1.54) is 25.9 Å². The minimum atomic E-state index is -0.252. The molecule has 0 aromatic heterocycles. The van der Waals surface area contributed by atoms with Gasteiger partial charge < -0.3 is 20.3 Å². The maximum atomic E-state index is 12.8. The molecule has 2 unspecified atom stereocenters. The standard InChI is InChI=1S/C21H33N3O2.2ClH/c1-17(20(22)18-7-3-2-4-8-18)21(25)24-13-9-19(10-14-24)26-16-15-23-11-5-6-12-23;;/h2-4,7-8,17,19-20H,5-6,9-16,22H2,1H3;2*1H. The first-order valence-electron chi connectivity index (χ1n) is 10.1. The van der Waals surface area contributed by atoms with Crippen molar-refractivity contribution in [2.24, 2.45) is 11.7 Å². The van der Waals surface area contributed by atoms with Gasteiger partial charge in [0.25, 0.3) is 0 Å². The molecule has 0 radical (unpaired) electrons. The zero-order valence-electron chi connectivity index (χ0n) is 16.8. The van der Waals surface area contributed by atoms with Gasteiger partial charge in [0.2, 0.25) is 5.91 Å². The maximum absolute atomic E-state index is 12.8. The van der Waals surface area contributed by atoms with Crippen LogP contribution >= 0.6 is 24.8 Å². The van der Waals surface area contributed by atoms with E-state index < -0.39 is 0 Å². The molecule has 1 aromatic rings. The van der Waals surface area contributed by atoms with Gasteiger partial charge in [-0.3, -0.25) is 4.79 Å². The lowest BCUT2D eigenvalue weighted by Gasteiger charge is -2.35. The largest absolute Gasteiger partial charge is 0.377 e. The Labute approximate surface area is 181 Å². The number of benzene rings is 1. The van der Waals surface area contributed by atoms with E-state index in [4.69, 9.17) is 10.5 Å². The number of nitrogens with two attached hydrogens (primary N) is 1. The van der Waals surface area contributed by atoms with Gasteiger partial charge in [-0.25, -0.2) is 0 Å². The number of carbonyl (C=O) groups excluding carboxylic acids is 1. The molecule has 2 atom stereocenters. The summed E-state index contributed by atoms with van der Waals surface area (Å²) < 4.78 is 6.05. The normalized spacial score (nSPS) is 20.1. The van der Waals surface area contributed by atoms with E-state index in [-0.39, 0.29) is 42.7 Å². The molecule has 2 heterocycles. The molecule has 2 fully saturated rings. The Balaban J connectivity index is 0.00000196. The monoisotopic (exact) mass is 431 g/mol. The molecule has 28 heavy (non-hydrogen) atoms. The quantitative estimate of drug-likeness (QED) is 0.719. The average molecular weight is 432 g/mol. The van der Waals surface area contributed by atoms with E-state index in [0.717, 1.165) is 44.6 Å². The van der Waals surface area contributed by atoms with E-state index in [2.05, 4.69) is 4.90 Å². The van der Waals surface area contributed by atoms with Gasteiger partial charge in [0, 0.05) is 25.7 Å². The van der Waals surface area contributed by atoms with Crippen LogP contribution in [-0.4, -0.2) is 61.1 Å². The Kier molecular flexibility index (Phi) is 11.4. The highest BCUT2D eigenvalue weighted by Crippen LogP contribution is 2.23. The summed E-state index contributed by atoms with van der Waals surface area (Å²) in [5.74, 6) is -0.0399. The van der Waals surface area contributed by atoms with Gasteiger partial charge in [0.05, 0.1) is 18.6 Å². The molecule has 3 rings (SSSR count). The van der Waals surface area contributed by atoms with Gasteiger partial charge in [0.1, 0.15) is 0 Å². The summed E-state index contributed by atoms with van der Waals surface area (Å²) in [6.07, 6.45) is 4.80. The molecule has 2 N–H and O–H groups in total. The van der Waals surface area contributed by atoms with Gasteiger partial charge in [-0.15, -0.1) is 24.8 Å². The fraction of sp³-hybridized carbons (Fsp3) is 0.667. The summed E-state index contributed by atoms with van der Waals surface area (Å²) in [7, 11) is 0. The van der Waals surface area contributed by atoms with Gasteiger partial charge in [-0.2, -0.15) is 0 Å². The number of carbonyl (C=O) groups is 1. The number of piperidine rings is 1. The zero-order chi connectivity index (χ0) is 18.4. The molecule has 1 aromatic carbocycles. The molecule has 160 valence electrons. The van der Waals surface area contributed by atoms with Crippen LogP contribution in [0.5, 0.6) is 0 Å². The van der Waals surface area contributed by atoms with Crippen LogP contribution in [0.1, 0.15) is 44.2 Å². The first kappa shape index (κ1) is 25.2. The van der Waals surface area contributed by atoms with E-state index in [0.29, 0.717) is 6.10 Å². The second-order valence-corrected chi connectivity index (χ2v) is 7.67. The number of hydrogen-bond acceptors (Lipinski definition) is 4. The topological polar surface area (TPSA) is 58.8 Å². The number of rotatable bonds is 7. The minimum absolute atomic E-state index is 0. The fourth-order valence-corrected chi connectivity index (χ4v) is 4.00. The van der Waals surface area contributed by atoms with Crippen molar-refractivity contribution in [3.8, 4) is 0 Å². The second-order valence-electron chi connectivity index (χ2n) is 7.67. The summed E-state index contributed by atoms with van der Waals surface area (Å²) >= 11 is 0.